The fourth-order valence-corrected chi connectivity index (χ4v) is 2.16. The second-order valence-electron chi connectivity index (χ2n) is 5.42. The summed E-state index contributed by atoms with van der Waals surface area (Å²) >= 11 is 0. The Balaban J connectivity index is 1.99. The average Bonchev–Trinajstić information content (AvgIpc) is 2.60. The van der Waals surface area contributed by atoms with Gasteiger partial charge in [-0.05, 0) is 48.1 Å². The molecule has 2 rings (SSSR count). The molecule has 2 aromatic carbocycles. The number of ether oxygens (including phenoxy) is 1. The van der Waals surface area contributed by atoms with Gasteiger partial charge in [-0.2, -0.15) is 0 Å². The van der Waals surface area contributed by atoms with Crippen LogP contribution >= 0.6 is 0 Å². The Morgan fingerprint density at radius 1 is 0.923 bits per heavy atom. The first kappa shape index (κ1) is 18.8. The third-order valence-electron chi connectivity index (χ3n) is 3.51. The van der Waals surface area contributed by atoms with Gasteiger partial charge in [-0.25, -0.2) is 0 Å². The first-order valence-corrected chi connectivity index (χ1v) is 7.70. The Hall–Kier alpha value is -3.54. The van der Waals surface area contributed by atoms with E-state index in [4.69, 9.17) is 4.74 Å². The number of methoxy groups -OCH3 is 1. The average molecular weight is 354 g/mol. The van der Waals surface area contributed by atoms with Gasteiger partial charge < -0.3 is 20.1 Å². The van der Waals surface area contributed by atoms with Crippen molar-refractivity contribution in [1.29, 1.82) is 0 Å². The van der Waals surface area contributed by atoms with E-state index in [0.717, 1.165) is 6.08 Å². The first-order chi connectivity index (χ1) is 12.4. The molecule has 0 aliphatic carbocycles. The van der Waals surface area contributed by atoms with Crippen LogP contribution in [0, 0.1) is 0 Å². The van der Waals surface area contributed by atoms with Crippen LogP contribution in [0.4, 0.5) is 0 Å². The second kappa shape index (κ2) is 8.53. The quantitative estimate of drug-likeness (QED) is 0.521. The van der Waals surface area contributed by atoms with Crippen molar-refractivity contribution in [3.8, 4) is 23.0 Å². The molecule has 3 N–H and O–H groups in total. The summed E-state index contributed by atoms with van der Waals surface area (Å²) in [5, 5.41) is 28.8. The van der Waals surface area contributed by atoms with Crippen LogP contribution in [0.25, 0.3) is 12.2 Å². The maximum atomic E-state index is 11.9. The van der Waals surface area contributed by atoms with Gasteiger partial charge >= 0.3 is 0 Å². The third kappa shape index (κ3) is 4.98. The topological polar surface area (TPSA) is 104 Å². The van der Waals surface area contributed by atoms with E-state index in [2.05, 4.69) is 0 Å². The normalized spacial score (nSPS) is 11.1. The summed E-state index contributed by atoms with van der Waals surface area (Å²) in [7, 11) is 1.42. The summed E-state index contributed by atoms with van der Waals surface area (Å²) in [6, 6.07) is 8.83. The summed E-state index contributed by atoms with van der Waals surface area (Å²) in [4.78, 5) is 23.7. The zero-order valence-corrected chi connectivity index (χ0v) is 14.0. The lowest BCUT2D eigenvalue weighted by molar-refractivity contribution is -0.121. The molecule has 0 saturated carbocycles. The maximum Gasteiger partial charge on any atom is 0.163 e. The molecule has 134 valence electrons. The SMILES string of the molecule is COc1cc(C=CC(=O)CC(=O)C=Cc2c(O)cccc2O)ccc1O. The number of phenols is 3. The number of hydrogen-bond donors (Lipinski definition) is 3. The van der Waals surface area contributed by atoms with Crippen LogP contribution in [0.3, 0.4) is 0 Å². The largest absolute Gasteiger partial charge is 0.507 e. The molecule has 0 unspecified atom stereocenters. The highest BCUT2D eigenvalue weighted by molar-refractivity contribution is 6.11. The monoisotopic (exact) mass is 354 g/mol. The van der Waals surface area contributed by atoms with Crippen LogP contribution in [0.1, 0.15) is 17.5 Å². The molecule has 0 aliphatic heterocycles. The lowest BCUT2D eigenvalue weighted by Gasteiger charge is -2.03. The molecule has 0 saturated heterocycles. The highest BCUT2D eigenvalue weighted by Crippen LogP contribution is 2.28. The molecule has 6 nitrogen and oxygen atoms in total. The van der Waals surface area contributed by atoms with Gasteiger partial charge in [0.05, 0.1) is 19.1 Å². The van der Waals surface area contributed by atoms with Gasteiger partial charge in [0.15, 0.2) is 23.1 Å². The van der Waals surface area contributed by atoms with Gasteiger partial charge in [-0.15, -0.1) is 0 Å². The van der Waals surface area contributed by atoms with Crippen LogP contribution in [-0.2, 0) is 9.59 Å². The molecule has 0 heterocycles. The molecule has 0 spiro atoms. The predicted octanol–water partition coefficient (Wildman–Crippen LogP) is 3.07. The second-order valence-corrected chi connectivity index (χ2v) is 5.42. The van der Waals surface area contributed by atoms with Crippen LogP contribution in [0.15, 0.2) is 48.6 Å². The van der Waals surface area contributed by atoms with Gasteiger partial charge in [0.1, 0.15) is 11.5 Å². The number of hydrogen-bond acceptors (Lipinski definition) is 6. The summed E-state index contributed by atoms with van der Waals surface area (Å²) in [6.45, 7) is 0. The Labute approximate surface area is 150 Å². The van der Waals surface area contributed by atoms with E-state index in [9.17, 15) is 24.9 Å². The fourth-order valence-electron chi connectivity index (χ4n) is 2.16. The molecule has 0 aliphatic rings. The number of ketones is 2. The number of benzene rings is 2. The summed E-state index contributed by atoms with van der Waals surface area (Å²) in [5.41, 5.74) is 0.746. The van der Waals surface area contributed by atoms with Crippen LogP contribution < -0.4 is 4.74 Å². The smallest absolute Gasteiger partial charge is 0.163 e. The van der Waals surface area contributed by atoms with Crippen LogP contribution in [-0.4, -0.2) is 34.0 Å². The minimum Gasteiger partial charge on any atom is -0.507 e. The Bertz CT molecular complexity index is 860. The summed E-state index contributed by atoms with van der Waals surface area (Å²) in [6.07, 6.45) is 4.81. The van der Waals surface area contributed by atoms with Gasteiger partial charge in [0, 0.05) is 0 Å². The summed E-state index contributed by atoms with van der Waals surface area (Å²) < 4.78 is 4.98. The van der Waals surface area contributed by atoms with E-state index < -0.39 is 11.6 Å². The molecule has 0 atom stereocenters. The van der Waals surface area contributed by atoms with Crippen LogP contribution in [0.2, 0.25) is 0 Å². The van der Waals surface area contributed by atoms with Crippen molar-refractivity contribution in [1.82, 2.24) is 0 Å². The molecule has 26 heavy (non-hydrogen) atoms. The zero-order valence-electron chi connectivity index (χ0n) is 14.0. The molecular weight excluding hydrogens is 336 g/mol. The zero-order chi connectivity index (χ0) is 19.1. The Morgan fingerprint density at radius 3 is 2.15 bits per heavy atom. The Kier molecular flexibility index (Phi) is 6.16. The van der Waals surface area contributed by atoms with E-state index in [0.29, 0.717) is 5.56 Å². The first-order valence-electron chi connectivity index (χ1n) is 7.70. The van der Waals surface area contributed by atoms with E-state index in [-0.39, 0.29) is 35.0 Å². The lowest BCUT2D eigenvalue weighted by atomic mass is 10.1. The van der Waals surface area contributed by atoms with Gasteiger partial charge in [-0.3, -0.25) is 9.59 Å². The number of allylic oxidation sites excluding steroid dienone is 2. The molecular formula is C20H18O6. The number of aromatic hydroxyl groups is 3. The van der Waals surface area contributed by atoms with Crippen molar-refractivity contribution in [3.63, 3.8) is 0 Å². The van der Waals surface area contributed by atoms with Crippen molar-refractivity contribution in [3.05, 3.63) is 59.7 Å². The summed E-state index contributed by atoms with van der Waals surface area (Å²) in [5.74, 6) is -0.938. The van der Waals surface area contributed by atoms with Crippen molar-refractivity contribution in [2.45, 2.75) is 6.42 Å². The van der Waals surface area contributed by atoms with Crippen LogP contribution in [0.5, 0.6) is 23.0 Å². The molecule has 0 radical (unpaired) electrons. The molecule has 2 aromatic rings. The molecule has 0 amide bonds. The van der Waals surface area contributed by atoms with Crippen molar-refractivity contribution < 1.29 is 29.6 Å². The molecule has 0 bridgehead atoms. The van der Waals surface area contributed by atoms with E-state index in [1.54, 1.807) is 12.1 Å². The number of carbonyl (C=O) groups is 2. The highest BCUT2D eigenvalue weighted by atomic mass is 16.5. The predicted molar refractivity (Wildman–Crippen MR) is 97.1 cm³/mol. The molecule has 6 heteroatoms. The van der Waals surface area contributed by atoms with E-state index in [1.807, 2.05) is 0 Å². The maximum absolute atomic E-state index is 11.9. The van der Waals surface area contributed by atoms with Gasteiger partial charge in [0.25, 0.3) is 0 Å². The van der Waals surface area contributed by atoms with E-state index >= 15 is 0 Å². The number of rotatable bonds is 7. The minimum atomic E-state index is -0.467. The lowest BCUT2D eigenvalue weighted by Crippen LogP contribution is -2.01. The number of carbonyl (C=O) groups excluding carboxylic acids is 2. The van der Waals surface area contributed by atoms with Gasteiger partial charge in [0.2, 0.25) is 0 Å². The van der Waals surface area contributed by atoms with Crippen molar-refractivity contribution >= 4 is 23.7 Å². The fraction of sp³-hybridized carbons (Fsp3) is 0.100. The number of phenolic OH excluding ortho intramolecular Hbond substituents is 3. The molecule has 0 aromatic heterocycles. The standard InChI is InChI=1S/C20H18O6/c1-26-20-11-13(6-10-19(20)25)5-7-14(21)12-15(22)8-9-16-17(23)3-2-4-18(16)24/h2-11,23-25H,12H2,1H3. The Morgan fingerprint density at radius 2 is 1.54 bits per heavy atom. The van der Waals surface area contributed by atoms with Crippen molar-refractivity contribution in [2.75, 3.05) is 7.11 Å². The minimum absolute atomic E-state index is 0.0105. The van der Waals surface area contributed by atoms with Gasteiger partial charge in [-0.1, -0.05) is 18.2 Å². The van der Waals surface area contributed by atoms with E-state index in [1.165, 1.54) is 49.6 Å². The highest BCUT2D eigenvalue weighted by Gasteiger charge is 2.07. The third-order valence-corrected chi connectivity index (χ3v) is 3.51. The molecule has 0 fully saturated rings. The van der Waals surface area contributed by atoms with Crippen molar-refractivity contribution in [2.24, 2.45) is 0 Å².